The molecule has 2 aliphatic rings. The molecule has 2 N–H and O–H groups in total. The molecule has 20 heavy (non-hydrogen) atoms. The van der Waals surface area contributed by atoms with Crippen LogP contribution in [-0.2, 0) is 6.42 Å². The third-order valence-corrected chi connectivity index (χ3v) is 4.54. The maximum absolute atomic E-state index is 12.3. The maximum atomic E-state index is 12.3. The molecule has 1 aliphatic heterocycles. The van der Waals surface area contributed by atoms with Crippen LogP contribution in [0.4, 0.5) is 5.69 Å². The van der Waals surface area contributed by atoms with Crippen molar-refractivity contribution in [2.24, 2.45) is 5.92 Å². The van der Waals surface area contributed by atoms with Gasteiger partial charge in [0, 0.05) is 23.8 Å². The highest BCUT2D eigenvalue weighted by molar-refractivity contribution is 5.95. The first-order valence-electron chi connectivity index (χ1n) is 7.42. The summed E-state index contributed by atoms with van der Waals surface area (Å²) in [6.07, 6.45) is 6.17. The van der Waals surface area contributed by atoms with Crippen LogP contribution in [0.5, 0.6) is 0 Å². The van der Waals surface area contributed by atoms with Crippen LogP contribution < -0.4 is 10.6 Å². The largest absolute Gasteiger partial charge is 0.384 e. The van der Waals surface area contributed by atoms with E-state index in [0.29, 0.717) is 12.0 Å². The minimum atomic E-state index is 0. The van der Waals surface area contributed by atoms with Gasteiger partial charge in [0.1, 0.15) is 0 Å². The van der Waals surface area contributed by atoms with E-state index in [0.717, 1.165) is 18.5 Å². The lowest BCUT2D eigenvalue weighted by Gasteiger charge is -2.20. The van der Waals surface area contributed by atoms with Crippen molar-refractivity contribution >= 4 is 24.0 Å². The number of hydrogen-bond acceptors (Lipinski definition) is 2. The van der Waals surface area contributed by atoms with Gasteiger partial charge in [0.15, 0.2) is 0 Å². The third-order valence-electron chi connectivity index (χ3n) is 4.54. The molecule has 1 unspecified atom stereocenters. The second kappa shape index (κ2) is 6.49. The van der Waals surface area contributed by atoms with E-state index in [4.69, 9.17) is 0 Å². The molecular formula is C16H23ClN2O. The number of halogens is 1. The average molecular weight is 295 g/mol. The Morgan fingerprint density at radius 1 is 1.35 bits per heavy atom. The Balaban J connectivity index is 0.00000147. The van der Waals surface area contributed by atoms with E-state index in [1.54, 1.807) is 0 Å². The van der Waals surface area contributed by atoms with Gasteiger partial charge in [-0.15, -0.1) is 12.4 Å². The van der Waals surface area contributed by atoms with Crippen LogP contribution in [0.25, 0.3) is 0 Å². The summed E-state index contributed by atoms with van der Waals surface area (Å²) in [7, 11) is 0. The summed E-state index contributed by atoms with van der Waals surface area (Å²) in [6.45, 7) is 3.13. The highest BCUT2D eigenvalue weighted by Gasteiger charge is 2.23. The predicted molar refractivity (Wildman–Crippen MR) is 84.8 cm³/mol. The minimum Gasteiger partial charge on any atom is -0.384 e. The number of nitrogens with one attached hydrogen (secondary N) is 2. The number of rotatable bonds is 3. The number of carbonyl (C=O) groups excluding carboxylic acids is 1. The van der Waals surface area contributed by atoms with Gasteiger partial charge >= 0.3 is 0 Å². The van der Waals surface area contributed by atoms with E-state index < -0.39 is 0 Å². The van der Waals surface area contributed by atoms with Gasteiger partial charge in [-0.2, -0.15) is 0 Å². The molecule has 1 heterocycles. The van der Waals surface area contributed by atoms with Gasteiger partial charge in [0.25, 0.3) is 5.91 Å². The van der Waals surface area contributed by atoms with Crippen molar-refractivity contribution in [3.05, 3.63) is 29.3 Å². The van der Waals surface area contributed by atoms with E-state index in [2.05, 4.69) is 17.6 Å². The first-order chi connectivity index (χ1) is 9.24. The van der Waals surface area contributed by atoms with Crippen LogP contribution in [0.2, 0.25) is 0 Å². The SMILES string of the molecule is CC(NC(=O)c1ccc2c(c1)CCN2)C1CCCC1.Cl. The van der Waals surface area contributed by atoms with Crippen molar-refractivity contribution in [1.82, 2.24) is 5.32 Å². The van der Waals surface area contributed by atoms with Gasteiger partial charge in [0.05, 0.1) is 0 Å². The van der Waals surface area contributed by atoms with Crippen molar-refractivity contribution < 1.29 is 4.79 Å². The number of carbonyl (C=O) groups is 1. The van der Waals surface area contributed by atoms with Crippen LogP contribution >= 0.6 is 12.4 Å². The fourth-order valence-electron chi connectivity index (χ4n) is 3.31. The molecule has 0 radical (unpaired) electrons. The van der Waals surface area contributed by atoms with Crippen molar-refractivity contribution in [2.45, 2.75) is 45.1 Å². The summed E-state index contributed by atoms with van der Waals surface area (Å²) in [5.74, 6) is 0.745. The summed E-state index contributed by atoms with van der Waals surface area (Å²) >= 11 is 0. The number of amides is 1. The lowest BCUT2D eigenvalue weighted by Crippen LogP contribution is -2.37. The number of anilines is 1. The number of fused-ring (bicyclic) bond motifs is 1. The molecule has 110 valence electrons. The molecule has 0 spiro atoms. The lowest BCUT2D eigenvalue weighted by atomic mass is 9.99. The third kappa shape index (κ3) is 3.09. The molecule has 0 saturated heterocycles. The summed E-state index contributed by atoms with van der Waals surface area (Å²) in [6, 6.07) is 6.28. The molecule has 1 fully saturated rings. The normalized spacial score (nSPS) is 18.9. The molecule has 0 aromatic heterocycles. The fourth-order valence-corrected chi connectivity index (χ4v) is 3.31. The van der Waals surface area contributed by atoms with Gasteiger partial charge < -0.3 is 10.6 Å². The van der Waals surface area contributed by atoms with E-state index in [1.165, 1.54) is 36.9 Å². The Morgan fingerprint density at radius 2 is 2.10 bits per heavy atom. The molecule has 1 aromatic carbocycles. The van der Waals surface area contributed by atoms with Crippen LogP contribution in [0.3, 0.4) is 0 Å². The highest BCUT2D eigenvalue weighted by atomic mass is 35.5. The number of hydrogen-bond donors (Lipinski definition) is 2. The second-order valence-corrected chi connectivity index (χ2v) is 5.86. The van der Waals surface area contributed by atoms with Crippen molar-refractivity contribution in [2.75, 3.05) is 11.9 Å². The second-order valence-electron chi connectivity index (χ2n) is 5.86. The first kappa shape index (κ1) is 15.2. The zero-order valence-electron chi connectivity index (χ0n) is 11.9. The minimum absolute atomic E-state index is 0. The topological polar surface area (TPSA) is 41.1 Å². The molecule has 4 heteroatoms. The quantitative estimate of drug-likeness (QED) is 0.897. The molecule has 0 bridgehead atoms. The van der Waals surface area contributed by atoms with Crippen LogP contribution in [0.1, 0.15) is 48.5 Å². The Labute approximate surface area is 126 Å². The zero-order chi connectivity index (χ0) is 13.2. The van der Waals surface area contributed by atoms with Crippen molar-refractivity contribution in [3.8, 4) is 0 Å². The molecule has 3 rings (SSSR count). The van der Waals surface area contributed by atoms with Crippen LogP contribution in [0, 0.1) is 5.92 Å². The van der Waals surface area contributed by atoms with E-state index >= 15 is 0 Å². The highest BCUT2D eigenvalue weighted by Crippen LogP contribution is 2.28. The lowest BCUT2D eigenvalue weighted by molar-refractivity contribution is 0.0927. The monoisotopic (exact) mass is 294 g/mol. The van der Waals surface area contributed by atoms with Gasteiger partial charge in [-0.3, -0.25) is 4.79 Å². The van der Waals surface area contributed by atoms with Gasteiger partial charge in [0.2, 0.25) is 0 Å². The van der Waals surface area contributed by atoms with Crippen molar-refractivity contribution in [1.29, 1.82) is 0 Å². The molecular weight excluding hydrogens is 272 g/mol. The summed E-state index contributed by atoms with van der Waals surface area (Å²) in [5, 5.41) is 6.49. The van der Waals surface area contributed by atoms with Gasteiger partial charge in [-0.25, -0.2) is 0 Å². The van der Waals surface area contributed by atoms with E-state index in [1.807, 2.05) is 18.2 Å². The molecule has 3 nitrogen and oxygen atoms in total. The predicted octanol–water partition coefficient (Wildman–Crippen LogP) is 3.38. The Kier molecular flexibility index (Phi) is 4.92. The standard InChI is InChI=1S/C16H22N2O.ClH/c1-11(12-4-2-3-5-12)18-16(19)14-6-7-15-13(10-14)8-9-17-15;/h6-7,10-12,17H,2-5,8-9H2,1H3,(H,18,19);1H. The Hall–Kier alpha value is -1.22. The molecule has 1 aliphatic carbocycles. The Bertz CT molecular complexity index is 483. The summed E-state index contributed by atoms with van der Waals surface area (Å²) in [5.41, 5.74) is 3.24. The zero-order valence-corrected chi connectivity index (χ0v) is 12.8. The van der Waals surface area contributed by atoms with Crippen molar-refractivity contribution in [3.63, 3.8) is 0 Å². The fraction of sp³-hybridized carbons (Fsp3) is 0.562. The van der Waals surface area contributed by atoms with Gasteiger partial charge in [-0.05, 0) is 55.9 Å². The Morgan fingerprint density at radius 3 is 2.85 bits per heavy atom. The molecule has 1 saturated carbocycles. The first-order valence-corrected chi connectivity index (χ1v) is 7.42. The smallest absolute Gasteiger partial charge is 0.251 e. The van der Waals surface area contributed by atoms with Crippen LogP contribution in [-0.4, -0.2) is 18.5 Å². The molecule has 1 atom stereocenters. The molecule has 1 aromatic rings. The maximum Gasteiger partial charge on any atom is 0.251 e. The van der Waals surface area contributed by atoms with Crippen LogP contribution in [0.15, 0.2) is 18.2 Å². The van der Waals surface area contributed by atoms with Gasteiger partial charge in [-0.1, -0.05) is 12.8 Å². The summed E-state index contributed by atoms with van der Waals surface area (Å²) < 4.78 is 0. The average Bonchev–Trinajstić information content (AvgIpc) is 3.09. The van der Waals surface area contributed by atoms with E-state index in [9.17, 15) is 4.79 Å². The number of benzene rings is 1. The van der Waals surface area contributed by atoms with E-state index in [-0.39, 0.29) is 18.3 Å². The molecule has 1 amide bonds. The summed E-state index contributed by atoms with van der Waals surface area (Å²) in [4.78, 5) is 12.3.